The summed E-state index contributed by atoms with van der Waals surface area (Å²) in [6, 6.07) is 4.59. The Labute approximate surface area is 126 Å². The number of hydrogen-bond donors (Lipinski definition) is 0. The van der Waals surface area contributed by atoms with Crippen LogP contribution in [0.25, 0.3) is 0 Å². The number of nitrogens with zero attached hydrogens (tertiary/aromatic N) is 4. The summed E-state index contributed by atoms with van der Waals surface area (Å²) < 4.78 is 19.1. The Morgan fingerprint density at radius 2 is 1.95 bits per heavy atom. The Hall–Kier alpha value is -1.95. The molecule has 0 unspecified atom stereocenters. The maximum atomic E-state index is 13.7. The lowest BCUT2D eigenvalue weighted by Crippen LogP contribution is -2.21. The van der Waals surface area contributed by atoms with E-state index in [9.17, 15) is 4.39 Å². The molecule has 0 atom stereocenters. The van der Waals surface area contributed by atoms with Gasteiger partial charge >= 0.3 is 6.01 Å². The molecule has 2 aromatic rings. The fraction of sp³-hybridized carbons (Fsp3) is 0.357. The number of halogens is 2. The lowest BCUT2D eigenvalue weighted by molar-refractivity contribution is 0.409. The summed E-state index contributed by atoms with van der Waals surface area (Å²) in [4.78, 5) is 14.2. The molecule has 0 amide bonds. The van der Waals surface area contributed by atoms with Crippen LogP contribution in [-0.2, 0) is 0 Å². The third kappa shape index (κ3) is 3.21. The Kier molecular flexibility index (Phi) is 3.88. The van der Waals surface area contributed by atoms with E-state index in [1.165, 1.54) is 6.07 Å². The molecule has 0 spiro atoms. The topological polar surface area (TPSA) is 51.1 Å². The molecule has 1 fully saturated rings. The smallest absolute Gasteiger partial charge is 0.328 e. The second-order valence-corrected chi connectivity index (χ2v) is 5.26. The van der Waals surface area contributed by atoms with E-state index in [-0.39, 0.29) is 17.0 Å². The Morgan fingerprint density at radius 3 is 2.71 bits per heavy atom. The number of anilines is 1. The van der Waals surface area contributed by atoms with E-state index in [2.05, 4.69) is 15.0 Å². The summed E-state index contributed by atoms with van der Waals surface area (Å²) in [5, 5.41) is 0.0370. The van der Waals surface area contributed by atoms with E-state index >= 15 is 0 Å². The van der Waals surface area contributed by atoms with Crippen LogP contribution in [0.5, 0.6) is 11.8 Å². The van der Waals surface area contributed by atoms with Gasteiger partial charge in [0.25, 0.3) is 0 Å². The molecule has 21 heavy (non-hydrogen) atoms. The molecule has 1 aromatic heterocycles. The fourth-order valence-electron chi connectivity index (χ4n) is 2.21. The highest BCUT2D eigenvalue weighted by atomic mass is 35.5. The Bertz CT molecular complexity index is 661. The van der Waals surface area contributed by atoms with Crippen molar-refractivity contribution >= 4 is 17.5 Å². The van der Waals surface area contributed by atoms with Crippen LogP contribution in [0.4, 0.5) is 10.3 Å². The van der Waals surface area contributed by atoms with Gasteiger partial charge in [-0.2, -0.15) is 15.0 Å². The standard InChI is InChI=1S/C14H14ClFN4O/c1-9-4-5-10(16)11(8-9)21-14-18-12(15)17-13(19-14)20-6-2-3-7-20/h4-5,8H,2-3,6-7H2,1H3. The van der Waals surface area contributed by atoms with Gasteiger partial charge in [-0.15, -0.1) is 0 Å². The van der Waals surface area contributed by atoms with Gasteiger partial charge in [-0.3, -0.25) is 0 Å². The predicted octanol–water partition coefficient (Wildman–Crippen LogP) is 3.37. The minimum atomic E-state index is -0.472. The highest BCUT2D eigenvalue weighted by Crippen LogP contribution is 2.25. The van der Waals surface area contributed by atoms with Gasteiger partial charge in [0.15, 0.2) is 11.6 Å². The van der Waals surface area contributed by atoms with Gasteiger partial charge in [-0.05, 0) is 49.1 Å². The number of benzene rings is 1. The maximum Gasteiger partial charge on any atom is 0.328 e. The zero-order valence-electron chi connectivity index (χ0n) is 11.5. The molecular formula is C14H14ClFN4O. The quantitative estimate of drug-likeness (QED) is 0.870. The van der Waals surface area contributed by atoms with Crippen LogP contribution in [0.15, 0.2) is 18.2 Å². The molecule has 1 saturated heterocycles. The van der Waals surface area contributed by atoms with Gasteiger partial charge < -0.3 is 9.64 Å². The van der Waals surface area contributed by atoms with Crippen molar-refractivity contribution in [1.29, 1.82) is 0 Å². The minimum Gasteiger partial charge on any atom is -0.421 e. The van der Waals surface area contributed by atoms with Crippen LogP contribution in [-0.4, -0.2) is 28.0 Å². The third-order valence-electron chi connectivity index (χ3n) is 3.25. The van der Waals surface area contributed by atoms with Crippen LogP contribution < -0.4 is 9.64 Å². The molecule has 3 rings (SSSR count). The van der Waals surface area contributed by atoms with Crippen LogP contribution in [0, 0.1) is 12.7 Å². The summed E-state index contributed by atoms with van der Waals surface area (Å²) in [7, 11) is 0. The molecule has 2 heterocycles. The van der Waals surface area contributed by atoms with Crippen molar-refractivity contribution in [3.8, 4) is 11.8 Å². The van der Waals surface area contributed by atoms with Gasteiger partial charge in [0.05, 0.1) is 0 Å². The van der Waals surface area contributed by atoms with E-state index in [0.717, 1.165) is 31.5 Å². The second kappa shape index (κ2) is 5.81. The Balaban J connectivity index is 1.89. The zero-order chi connectivity index (χ0) is 14.8. The van der Waals surface area contributed by atoms with Crippen LogP contribution in [0.1, 0.15) is 18.4 Å². The molecule has 0 saturated carbocycles. The van der Waals surface area contributed by atoms with E-state index in [0.29, 0.717) is 5.95 Å². The molecule has 110 valence electrons. The molecule has 0 radical (unpaired) electrons. The number of aromatic nitrogens is 3. The SMILES string of the molecule is Cc1ccc(F)c(Oc2nc(Cl)nc(N3CCCC3)n2)c1. The van der Waals surface area contributed by atoms with E-state index in [1.54, 1.807) is 12.1 Å². The van der Waals surface area contributed by atoms with Gasteiger partial charge in [0, 0.05) is 13.1 Å². The molecule has 1 aliphatic rings. The average molecular weight is 309 g/mol. The summed E-state index contributed by atoms with van der Waals surface area (Å²) >= 11 is 5.90. The largest absolute Gasteiger partial charge is 0.421 e. The maximum absolute atomic E-state index is 13.7. The zero-order valence-corrected chi connectivity index (χ0v) is 12.3. The van der Waals surface area contributed by atoms with Gasteiger partial charge in [-0.1, -0.05) is 6.07 Å². The predicted molar refractivity (Wildman–Crippen MR) is 77.5 cm³/mol. The first-order chi connectivity index (χ1) is 10.1. The van der Waals surface area contributed by atoms with Crippen molar-refractivity contribution in [2.45, 2.75) is 19.8 Å². The van der Waals surface area contributed by atoms with Gasteiger partial charge in [0.2, 0.25) is 11.2 Å². The number of aryl methyl sites for hydroxylation is 1. The van der Waals surface area contributed by atoms with Gasteiger partial charge in [-0.25, -0.2) is 4.39 Å². The molecular weight excluding hydrogens is 295 g/mol. The van der Waals surface area contributed by atoms with Gasteiger partial charge in [0.1, 0.15) is 0 Å². The number of ether oxygens (including phenoxy) is 1. The van der Waals surface area contributed by atoms with Crippen molar-refractivity contribution in [3.63, 3.8) is 0 Å². The second-order valence-electron chi connectivity index (χ2n) is 4.92. The summed E-state index contributed by atoms with van der Waals surface area (Å²) in [6.45, 7) is 3.60. The van der Waals surface area contributed by atoms with Crippen LogP contribution >= 0.6 is 11.6 Å². The van der Waals surface area contributed by atoms with E-state index in [1.807, 2.05) is 11.8 Å². The summed E-state index contributed by atoms with van der Waals surface area (Å²) in [5.74, 6) is 0.0695. The van der Waals surface area contributed by atoms with Crippen molar-refractivity contribution in [2.24, 2.45) is 0 Å². The van der Waals surface area contributed by atoms with Crippen LogP contribution in [0.2, 0.25) is 5.28 Å². The van der Waals surface area contributed by atoms with Crippen molar-refractivity contribution in [3.05, 3.63) is 34.9 Å². The average Bonchev–Trinajstić information content (AvgIpc) is 2.96. The summed E-state index contributed by atoms with van der Waals surface area (Å²) in [6.07, 6.45) is 2.18. The van der Waals surface area contributed by atoms with Crippen molar-refractivity contribution < 1.29 is 9.13 Å². The normalized spacial score (nSPS) is 14.5. The first-order valence-electron chi connectivity index (χ1n) is 6.72. The molecule has 1 aliphatic heterocycles. The molecule has 0 aliphatic carbocycles. The highest BCUT2D eigenvalue weighted by molar-refractivity contribution is 6.28. The van der Waals surface area contributed by atoms with Crippen LogP contribution in [0.3, 0.4) is 0 Å². The molecule has 0 N–H and O–H groups in total. The lowest BCUT2D eigenvalue weighted by atomic mass is 10.2. The number of hydrogen-bond acceptors (Lipinski definition) is 5. The van der Waals surface area contributed by atoms with Crippen molar-refractivity contribution in [1.82, 2.24) is 15.0 Å². The molecule has 5 nitrogen and oxygen atoms in total. The lowest BCUT2D eigenvalue weighted by Gasteiger charge is -2.15. The molecule has 7 heteroatoms. The third-order valence-corrected chi connectivity index (χ3v) is 3.42. The molecule has 1 aromatic carbocycles. The monoisotopic (exact) mass is 308 g/mol. The van der Waals surface area contributed by atoms with E-state index in [4.69, 9.17) is 16.3 Å². The summed E-state index contributed by atoms with van der Waals surface area (Å²) in [5.41, 5.74) is 0.881. The van der Waals surface area contributed by atoms with Crippen molar-refractivity contribution in [2.75, 3.05) is 18.0 Å². The minimum absolute atomic E-state index is 0.00130. The Morgan fingerprint density at radius 1 is 1.19 bits per heavy atom. The first kappa shape index (κ1) is 14.0. The molecule has 0 bridgehead atoms. The highest BCUT2D eigenvalue weighted by Gasteiger charge is 2.18. The number of rotatable bonds is 3. The van der Waals surface area contributed by atoms with E-state index < -0.39 is 5.82 Å². The fourth-order valence-corrected chi connectivity index (χ4v) is 2.36. The first-order valence-corrected chi connectivity index (χ1v) is 7.10.